The summed E-state index contributed by atoms with van der Waals surface area (Å²) in [5.74, 6) is -0.129. The molecule has 2 rings (SSSR count). The van der Waals surface area contributed by atoms with Crippen molar-refractivity contribution in [2.75, 3.05) is 5.75 Å². The summed E-state index contributed by atoms with van der Waals surface area (Å²) in [6.07, 6.45) is 1.95. The van der Waals surface area contributed by atoms with Crippen LogP contribution >= 0.6 is 11.6 Å². The molecule has 0 radical (unpaired) electrons. The number of benzene rings is 1. The van der Waals surface area contributed by atoms with Crippen LogP contribution in [-0.4, -0.2) is 35.5 Å². The second-order valence-electron chi connectivity index (χ2n) is 3.80. The van der Waals surface area contributed by atoms with Gasteiger partial charge in [-0.3, -0.25) is 9.48 Å². The Bertz CT molecular complexity index is 679. The zero-order chi connectivity index (χ0) is 13.9. The monoisotopic (exact) mass is 299 g/mol. The number of rotatable bonds is 5. The maximum atomic E-state index is 12.0. The Kier molecular flexibility index (Phi) is 3.96. The minimum atomic E-state index is -3.41. The zero-order valence-electron chi connectivity index (χ0n) is 9.73. The number of aromatic nitrogens is 3. The lowest BCUT2D eigenvalue weighted by Gasteiger charge is -2.04. The molecule has 100 valence electrons. The average molecular weight is 300 g/mol. The van der Waals surface area contributed by atoms with Crippen molar-refractivity contribution in [2.24, 2.45) is 0 Å². The van der Waals surface area contributed by atoms with E-state index in [0.717, 1.165) is 0 Å². The molecule has 0 aliphatic rings. The van der Waals surface area contributed by atoms with Crippen LogP contribution in [-0.2, 0) is 16.4 Å². The quantitative estimate of drug-likeness (QED) is 0.775. The first-order chi connectivity index (χ1) is 9.01. The molecule has 0 atom stereocenters. The van der Waals surface area contributed by atoms with Gasteiger partial charge in [-0.2, -0.15) is 0 Å². The van der Waals surface area contributed by atoms with Crippen molar-refractivity contribution >= 4 is 27.7 Å². The van der Waals surface area contributed by atoms with Gasteiger partial charge >= 0.3 is 0 Å². The van der Waals surface area contributed by atoms with Crippen LogP contribution < -0.4 is 0 Å². The van der Waals surface area contributed by atoms with Gasteiger partial charge in [0.15, 0.2) is 16.1 Å². The molecule has 0 spiro atoms. The number of aryl methyl sites for hydroxylation is 1. The van der Waals surface area contributed by atoms with E-state index in [4.69, 9.17) is 11.6 Å². The van der Waals surface area contributed by atoms with Gasteiger partial charge in [0.05, 0.1) is 23.4 Å². The van der Waals surface area contributed by atoms with Crippen LogP contribution in [0.1, 0.15) is 10.5 Å². The van der Waals surface area contributed by atoms with Crippen LogP contribution in [0.5, 0.6) is 0 Å². The Morgan fingerprint density at radius 3 is 2.53 bits per heavy atom. The lowest BCUT2D eigenvalue weighted by atomic mass is 10.4. The second kappa shape index (κ2) is 5.50. The maximum Gasteiger partial charge on any atom is 0.180 e. The molecule has 0 saturated carbocycles. The van der Waals surface area contributed by atoms with Gasteiger partial charge in [0, 0.05) is 5.02 Å². The molecule has 2 aromatic rings. The number of carbonyl (C=O) groups excluding carboxylic acids is 1. The van der Waals surface area contributed by atoms with Crippen molar-refractivity contribution in [2.45, 2.75) is 11.4 Å². The number of nitrogens with zero attached hydrogens (tertiary/aromatic N) is 3. The smallest absolute Gasteiger partial charge is 0.180 e. The summed E-state index contributed by atoms with van der Waals surface area (Å²) in [7, 11) is -3.41. The molecule has 0 saturated heterocycles. The number of hydrogen-bond acceptors (Lipinski definition) is 5. The van der Waals surface area contributed by atoms with Crippen molar-refractivity contribution in [3.63, 3.8) is 0 Å². The molecule has 19 heavy (non-hydrogen) atoms. The van der Waals surface area contributed by atoms with Gasteiger partial charge in [-0.15, -0.1) is 5.10 Å². The first kappa shape index (κ1) is 13.7. The highest BCUT2D eigenvalue weighted by atomic mass is 35.5. The Labute approximate surface area is 114 Å². The van der Waals surface area contributed by atoms with Crippen molar-refractivity contribution in [1.29, 1.82) is 0 Å². The van der Waals surface area contributed by atoms with Gasteiger partial charge in [-0.1, -0.05) is 16.8 Å². The molecule has 1 aromatic carbocycles. The summed E-state index contributed by atoms with van der Waals surface area (Å²) in [5, 5.41) is 7.68. The molecule has 1 heterocycles. The number of halogens is 1. The van der Waals surface area contributed by atoms with Gasteiger partial charge in [0.1, 0.15) is 5.69 Å². The first-order valence-corrected chi connectivity index (χ1v) is 7.38. The highest BCUT2D eigenvalue weighted by Crippen LogP contribution is 2.15. The molecule has 0 N–H and O–H groups in total. The Hall–Kier alpha value is -1.73. The second-order valence-corrected chi connectivity index (χ2v) is 6.34. The standard InChI is InChI=1S/C11H10ClN3O3S/c12-9-1-3-11(4-2-9)19(17,18)6-5-15-7-10(8-16)13-14-15/h1-4,7-8H,5-6H2. The maximum absolute atomic E-state index is 12.0. The molecule has 0 fully saturated rings. The molecule has 0 aliphatic carbocycles. The van der Waals surface area contributed by atoms with Crippen molar-refractivity contribution in [1.82, 2.24) is 15.0 Å². The van der Waals surface area contributed by atoms with Crippen LogP contribution in [0.4, 0.5) is 0 Å². The van der Waals surface area contributed by atoms with Gasteiger partial charge in [0.25, 0.3) is 0 Å². The predicted octanol–water partition coefficient (Wildman–Crippen LogP) is 1.22. The molecular weight excluding hydrogens is 290 g/mol. The number of hydrogen-bond donors (Lipinski definition) is 0. The Morgan fingerprint density at radius 2 is 1.95 bits per heavy atom. The molecule has 8 heteroatoms. The topological polar surface area (TPSA) is 81.9 Å². The van der Waals surface area contributed by atoms with Crippen molar-refractivity contribution in [3.8, 4) is 0 Å². The van der Waals surface area contributed by atoms with Gasteiger partial charge in [-0.25, -0.2) is 8.42 Å². The third-order valence-electron chi connectivity index (χ3n) is 2.44. The highest BCUT2D eigenvalue weighted by Gasteiger charge is 2.14. The lowest BCUT2D eigenvalue weighted by molar-refractivity contribution is 0.111. The zero-order valence-corrected chi connectivity index (χ0v) is 11.3. The highest BCUT2D eigenvalue weighted by molar-refractivity contribution is 7.91. The van der Waals surface area contributed by atoms with E-state index < -0.39 is 9.84 Å². The van der Waals surface area contributed by atoms with Crippen LogP contribution in [0.2, 0.25) is 5.02 Å². The number of aldehydes is 1. The van der Waals surface area contributed by atoms with E-state index in [1.165, 1.54) is 35.1 Å². The van der Waals surface area contributed by atoms with E-state index in [0.29, 0.717) is 11.3 Å². The molecule has 0 aliphatic heterocycles. The molecule has 0 bridgehead atoms. The number of sulfone groups is 1. The van der Waals surface area contributed by atoms with Crippen LogP contribution in [0.25, 0.3) is 0 Å². The summed E-state index contributed by atoms with van der Waals surface area (Å²) in [4.78, 5) is 10.6. The van der Waals surface area contributed by atoms with E-state index in [1.807, 2.05) is 0 Å². The normalized spacial score (nSPS) is 11.4. The first-order valence-electron chi connectivity index (χ1n) is 5.35. The van der Waals surface area contributed by atoms with Crippen LogP contribution in [0.3, 0.4) is 0 Å². The van der Waals surface area contributed by atoms with Crippen LogP contribution in [0, 0.1) is 0 Å². The average Bonchev–Trinajstić information content (AvgIpc) is 2.85. The predicted molar refractivity (Wildman–Crippen MR) is 68.9 cm³/mol. The van der Waals surface area contributed by atoms with Gasteiger partial charge in [-0.05, 0) is 24.3 Å². The van der Waals surface area contributed by atoms with Crippen LogP contribution in [0.15, 0.2) is 35.4 Å². The van der Waals surface area contributed by atoms with Gasteiger partial charge in [0.2, 0.25) is 0 Å². The summed E-state index contributed by atoms with van der Waals surface area (Å²) in [6, 6.07) is 5.95. The lowest BCUT2D eigenvalue weighted by Crippen LogP contribution is -2.13. The summed E-state index contributed by atoms with van der Waals surface area (Å²) >= 11 is 5.70. The van der Waals surface area contributed by atoms with E-state index >= 15 is 0 Å². The van der Waals surface area contributed by atoms with E-state index in [-0.39, 0.29) is 22.9 Å². The molecule has 0 amide bonds. The minimum absolute atomic E-state index is 0.129. The Morgan fingerprint density at radius 1 is 1.26 bits per heavy atom. The summed E-state index contributed by atoms with van der Waals surface area (Å²) in [5.41, 5.74) is 0.170. The molecule has 1 aromatic heterocycles. The summed E-state index contributed by atoms with van der Waals surface area (Å²) in [6.45, 7) is 0.131. The largest absolute Gasteiger partial charge is 0.296 e. The fourth-order valence-electron chi connectivity index (χ4n) is 1.45. The van der Waals surface area contributed by atoms with E-state index in [1.54, 1.807) is 0 Å². The van der Waals surface area contributed by atoms with Crippen molar-refractivity contribution in [3.05, 3.63) is 41.2 Å². The fraction of sp³-hybridized carbons (Fsp3) is 0.182. The van der Waals surface area contributed by atoms with Crippen molar-refractivity contribution < 1.29 is 13.2 Å². The van der Waals surface area contributed by atoms with Gasteiger partial charge < -0.3 is 0 Å². The van der Waals surface area contributed by atoms with E-state index in [2.05, 4.69) is 10.3 Å². The molecular formula is C11H10ClN3O3S. The van der Waals surface area contributed by atoms with E-state index in [9.17, 15) is 13.2 Å². The molecule has 0 unspecified atom stereocenters. The molecule has 6 nitrogen and oxygen atoms in total. The third-order valence-corrected chi connectivity index (χ3v) is 4.40. The minimum Gasteiger partial charge on any atom is -0.296 e. The SMILES string of the molecule is O=Cc1cn(CCS(=O)(=O)c2ccc(Cl)cc2)nn1. The summed E-state index contributed by atoms with van der Waals surface area (Å²) < 4.78 is 25.4. The number of carbonyl (C=O) groups is 1. The Balaban J connectivity index is 2.09. The third kappa shape index (κ3) is 3.39. The fourth-order valence-corrected chi connectivity index (χ4v) is 2.79.